The van der Waals surface area contributed by atoms with Gasteiger partial charge in [-0.2, -0.15) is 0 Å². The van der Waals surface area contributed by atoms with Crippen molar-refractivity contribution >= 4 is 17.8 Å². The summed E-state index contributed by atoms with van der Waals surface area (Å²) in [7, 11) is 1.26. The number of piperidine rings is 1. The van der Waals surface area contributed by atoms with Gasteiger partial charge in [-0.1, -0.05) is 30.3 Å². The number of hydrogen-bond donors (Lipinski definition) is 0. The van der Waals surface area contributed by atoms with Crippen LogP contribution in [0.25, 0.3) is 0 Å². The molecule has 0 spiro atoms. The van der Waals surface area contributed by atoms with Gasteiger partial charge < -0.3 is 4.74 Å². The van der Waals surface area contributed by atoms with Crippen LogP contribution >= 0.6 is 0 Å². The minimum absolute atomic E-state index is 0.283. The van der Waals surface area contributed by atoms with E-state index in [1.54, 1.807) is 0 Å². The number of hydrogen-bond acceptors (Lipinski definition) is 4. The van der Waals surface area contributed by atoms with Crippen LogP contribution < -0.4 is 0 Å². The molecule has 0 aromatic heterocycles. The number of rotatable bonds is 4. The number of esters is 1. The van der Waals surface area contributed by atoms with Gasteiger partial charge in [0.25, 0.3) is 0 Å². The van der Waals surface area contributed by atoms with Gasteiger partial charge in [0, 0.05) is 19.3 Å². The average Bonchev–Trinajstić information content (AvgIpc) is 2.46. The molecule has 106 valence electrons. The van der Waals surface area contributed by atoms with Gasteiger partial charge in [0.1, 0.15) is 6.04 Å². The molecule has 5 heteroatoms. The predicted molar refractivity (Wildman–Crippen MR) is 71.7 cm³/mol. The van der Waals surface area contributed by atoms with Crippen molar-refractivity contribution in [3.8, 4) is 0 Å². The Morgan fingerprint density at radius 3 is 2.35 bits per heavy atom. The van der Waals surface area contributed by atoms with Crippen molar-refractivity contribution in [3.63, 3.8) is 0 Å². The monoisotopic (exact) mass is 275 g/mol. The Kier molecular flexibility index (Phi) is 4.50. The first-order valence-corrected chi connectivity index (χ1v) is 6.60. The summed E-state index contributed by atoms with van der Waals surface area (Å²) in [4.78, 5) is 36.9. The highest BCUT2D eigenvalue weighted by Gasteiger charge is 2.37. The second kappa shape index (κ2) is 6.32. The largest absolute Gasteiger partial charge is 0.467 e. The second-order valence-corrected chi connectivity index (χ2v) is 4.74. The molecule has 1 heterocycles. The number of benzene rings is 1. The lowest BCUT2D eigenvalue weighted by Gasteiger charge is -2.31. The van der Waals surface area contributed by atoms with Gasteiger partial charge in [0.2, 0.25) is 11.8 Å². The van der Waals surface area contributed by atoms with Crippen molar-refractivity contribution in [1.82, 2.24) is 4.90 Å². The lowest BCUT2D eigenvalue weighted by molar-refractivity contribution is -0.161. The summed E-state index contributed by atoms with van der Waals surface area (Å²) in [6.07, 6.45) is 1.43. The van der Waals surface area contributed by atoms with Crippen LogP contribution in [0.3, 0.4) is 0 Å². The molecule has 2 rings (SSSR count). The van der Waals surface area contributed by atoms with Crippen LogP contribution in [0.5, 0.6) is 0 Å². The molecule has 2 amide bonds. The van der Waals surface area contributed by atoms with Crippen molar-refractivity contribution in [2.75, 3.05) is 7.11 Å². The average molecular weight is 275 g/mol. The van der Waals surface area contributed by atoms with Crippen molar-refractivity contribution < 1.29 is 19.1 Å². The highest BCUT2D eigenvalue weighted by atomic mass is 16.5. The third-order valence-corrected chi connectivity index (χ3v) is 3.38. The smallest absolute Gasteiger partial charge is 0.329 e. The van der Waals surface area contributed by atoms with Gasteiger partial charge in [-0.15, -0.1) is 0 Å². The van der Waals surface area contributed by atoms with Crippen molar-refractivity contribution in [1.29, 1.82) is 0 Å². The summed E-state index contributed by atoms with van der Waals surface area (Å²) in [5, 5.41) is 0. The lowest BCUT2D eigenvalue weighted by atomic mass is 10.0. The Balaban J connectivity index is 2.25. The maximum atomic E-state index is 12.0. The highest BCUT2D eigenvalue weighted by molar-refractivity contribution is 6.01. The van der Waals surface area contributed by atoms with Crippen molar-refractivity contribution in [3.05, 3.63) is 35.9 Å². The number of likely N-dealkylation sites (tertiary alicyclic amines) is 1. The first kappa shape index (κ1) is 14.2. The van der Waals surface area contributed by atoms with Crippen molar-refractivity contribution in [2.45, 2.75) is 31.7 Å². The molecule has 1 aliphatic heterocycles. The zero-order chi connectivity index (χ0) is 14.5. The topological polar surface area (TPSA) is 63.7 Å². The molecular weight excluding hydrogens is 258 g/mol. The Morgan fingerprint density at radius 1 is 1.20 bits per heavy atom. The van der Waals surface area contributed by atoms with Gasteiger partial charge in [-0.05, 0) is 12.0 Å². The predicted octanol–water partition coefficient (Wildman–Crippen LogP) is 1.31. The van der Waals surface area contributed by atoms with E-state index in [2.05, 4.69) is 0 Å². The van der Waals surface area contributed by atoms with Crippen LogP contribution in [0, 0.1) is 0 Å². The minimum atomic E-state index is -0.873. The first-order chi connectivity index (χ1) is 9.63. The molecule has 5 nitrogen and oxygen atoms in total. The first-order valence-electron chi connectivity index (χ1n) is 6.60. The van der Waals surface area contributed by atoms with E-state index < -0.39 is 12.0 Å². The molecular formula is C15H17NO4. The molecule has 0 radical (unpaired) electrons. The lowest BCUT2D eigenvalue weighted by Crippen LogP contribution is -2.51. The number of imide groups is 1. The van der Waals surface area contributed by atoms with E-state index in [0.717, 1.165) is 10.5 Å². The molecule has 1 fully saturated rings. The van der Waals surface area contributed by atoms with Gasteiger partial charge in [-0.3, -0.25) is 14.5 Å². The van der Waals surface area contributed by atoms with Crippen LogP contribution in [0.15, 0.2) is 30.3 Å². The van der Waals surface area contributed by atoms with Gasteiger partial charge in [0.05, 0.1) is 7.11 Å². The third kappa shape index (κ3) is 3.04. The van der Waals surface area contributed by atoms with Crippen LogP contribution in [0.1, 0.15) is 24.8 Å². The SMILES string of the molecule is COC(=O)C(Cc1ccccc1)N1C(=O)CCCC1=O. The van der Waals surface area contributed by atoms with E-state index in [1.165, 1.54) is 7.11 Å². The van der Waals surface area contributed by atoms with Crippen LogP contribution in [-0.4, -0.2) is 35.8 Å². The minimum Gasteiger partial charge on any atom is -0.467 e. The zero-order valence-electron chi connectivity index (χ0n) is 11.4. The zero-order valence-corrected chi connectivity index (χ0v) is 11.4. The standard InChI is InChI=1S/C15H17NO4/c1-20-15(19)12(10-11-6-3-2-4-7-11)16-13(17)8-5-9-14(16)18/h2-4,6-7,12H,5,8-10H2,1H3. The molecule has 1 aliphatic rings. The number of carbonyl (C=O) groups is 3. The maximum absolute atomic E-state index is 12.0. The summed E-state index contributed by atoms with van der Waals surface area (Å²) in [5.74, 6) is -1.15. The van der Waals surface area contributed by atoms with E-state index in [9.17, 15) is 14.4 Å². The second-order valence-electron chi connectivity index (χ2n) is 4.74. The fourth-order valence-corrected chi connectivity index (χ4v) is 2.37. The van der Waals surface area contributed by atoms with Gasteiger partial charge >= 0.3 is 5.97 Å². The van der Waals surface area contributed by atoms with E-state index in [0.29, 0.717) is 19.3 Å². The fourth-order valence-electron chi connectivity index (χ4n) is 2.37. The van der Waals surface area contributed by atoms with Gasteiger partial charge in [-0.25, -0.2) is 4.79 Å². The molecule has 1 aromatic rings. The fraction of sp³-hybridized carbons (Fsp3) is 0.400. The van der Waals surface area contributed by atoms with Gasteiger partial charge in [0.15, 0.2) is 0 Å². The molecule has 20 heavy (non-hydrogen) atoms. The van der Waals surface area contributed by atoms with E-state index in [-0.39, 0.29) is 18.2 Å². The van der Waals surface area contributed by atoms with E-state index in [4.69, 9.17) is 4.74 Å². The van der Waals surface area contributed by atoms with Crippen LogP contribution in [0.2, 0.25) is 0 Å². The Hall–Kier alpha value is -2.17. The molecule has 1 saturated heterocycles. The normalized spacial score (nSPS) is 16.9. The number of methoxy groups -OCH3 is 1. The van der Waals surface area contributed by atoms with E-state index in [1.807, 2.05) is 30.3 Å². The summed E-state index contributed by atoms with van der Waals surface area (Å²) in [6, 6.07) is 8.41. The van der Waals surface area contributed by atoms with Crippen LogP contribution in [-0.2, 0) is 25.5 Å². The van der Waals surface area contributed by atoms with Crippen molar-refractivity contribution in [2.24, 2.45) is 0 Å². The number of ether oxygens (including phenoxy) is 1. The number of amides is 2. The summed E-state index contributed by atoms with van der Waals surface area (Å²) in [5.41, 5.74) is 0.883. The Labute approximate surface area is 117 Å². The summed E-state index contributed by atoms with van der Waals surface area (Å²) < 4.78 is 4.75. The van der Waals surface area contributed by atoms with Crippen LogP contribution in [0.4, 0.5) is 0 Å². The molecule has 1 atom stereocenters. The molecule has 0 aliphatic carbocycles. The maximum Gasteiger partial charge on any atom is 0.329 e. The van der Waals surface area contributed by atoms with E-state index >= 15 is 0 Å². The summed E-state index contributed by atoms with van der Waals surface area (Å²) >= 11 is 0. The number of nitrogens with zero attached hydrogens (tertiary/aromatic N) is 1. The molecule has 0 bridgehead atoms. The summed E-state index contributed by atoms with van der Waals surface area (Å²) in [6.45, 7) is 0. The third-order valence-electron chi connectivity index (χ3n) is 3.38. The Morgan fingerprint density at radius 2 is 1.80 bits per heavy atom. The number of carbonyl (C=O) groups excluding carboxylic acids is 3. The Bertz CT molecular complexity index is 496. The quantitative estimate of drug-likeness (QED) is 0.614. The molecule has 0 saturated carbocycles. The highest BCUT2D eigenvalue weighted by Crippen LogP contribution is 2.19. The molecule has 1 aromatic carbocycles. The molecule has 0 N–H and O–H groups in total. The molecule has 1 unspecified atom stereocenters.